The van der Waals surface area contributed by atoms with Crippen LogP contribution in [0.4, 0.5) is 14.6 Å². The van der Waals surface area contributed by atoms with E-state index >= 15 is 0 Å². The van der Waals surface area contributed by atoms with Crippen LogP contribution in [-0.2, 0) is 0 Å². The molecule has 1 aromatic heterocycles. The molecule has 100 valence electrons. The Balaban J connectivity index is 1.72. The number of nitrogens with zero attached hydrogens (tertiary/aromatic N) is 1. The summed E-state index contributed by atoms with van der Waals surface area (Å²) in [6, 6.07) is 3.13. The van der Waals surface area contributed by atoms with E-state index in [0.29, 0.717) is 5.82 Å². The Hall–Kier alpha value is -1.43. The van der Waals surface area contributed by atoms with Crippen LogP contribution >= 0.6 is 0 Å². The lowest BCUT2D eigenvalue weighted by Crippen LogP contribution is -2.13. The van der Waals surface area contributed by atoms with Gasteiger partial charge in [-0.1, -0.05) is 0 Å². The van der Waals surface area contributed by atoms with Gasteiger partial charge in [0.05, 0.1) is 6.20 Å². The van der Waals surface area contributed by atoms with Crippen molar-refractivity contribution in [2.24, 2.45) is 5.92 Å². The summed E-state index contributed by atoms with van der Waals surface area (Å²) >= 11 is 0. The summed E-state index contributed by atoms with van der Waals surface area (Å²) in [6.07, 6.45) is 3.60. The number of hydrogen-bond donors (Lipinski definition) is 2. The molecule has 4 nitrogen and oxygen atoms in total. The van der Waals surface area contributed by atoms with Crippen molar-refractivity contribution >= 4 is 5.82 Å². The molecule has 0 saturated carbocycles. The van der Waals surface area contributed by atoms with Crippen LogP contribution in [0.15, 0.2) is 18.3 Å². The van der Waals surface area contributed by atoms with Crippen molar-refractivity contribution in [3.63, 3.8) is 0 Å². The number of aromatic nitrogens is 1. The van der Waals surface area contributed by atoms with Gasteiger partial charge in [0, 0.05) is 6.54 Å². The smallest absolute Gasteiger partial charge is 0.387 e. The fourth-order valence-corrected chi connectivity index (χ4v) is 2.02. The summed E-state index contributed by atoms with van der Waals surface area (Å²) in [4.78, 5) is 4.01. The Morgan fingerprint density at radius 1 is 1.50 bits per heavy atom. The van der Waals surface area contributed by atoms with E-state index in [4.69, 9.17) is 0 Å². The zero-order valence-corrected chi connectivity index (χ0v) is 10.0. The third kappa shape index (κ3) is 4.10. The molecular weight excluding hydrogens is 240 g/mol. The lowest BCUT2D eigenvalue weighted by molar-refractivity contribution is -0.0500. The maximum Gasteiger partial charge on any atom is 0.387 e. The van der Waals surface area contributed by atoms with Crippen LogP contribution in [0, 0.1) is 5.92 Å². The van der Waals surface area contributed by atoms with Crippen molar-refractivity contribution in [2.75, 3.05) is 25.0 Å². The van der Waals surface area contributed by atoms with E-state index in [9.17, 15) is 8.78 Å². The zero-order chi connectivity index (χ0) is 12.8. The van der Waals surface area contributed by atoms with Crippen molar-refractivity contribution in [3.8, 4) is 5.75 Å². The molecule has 1 unspecified atom stereocenters. The molecule has 2 heterocycles. The van der Waals surface area contributed by atoms with Crippen molar-refractivity contribution in [2.45, 2.75) is 19.5 Å². The molecule has 2 N–H and O–H groups in total. The zero-order valence-electron chi connectivity index (χ0n) is 10.0. The maximum absolute atomic E-state index is 11.9. The van der Waals surface area contributed by atoms with Crippen LogP contribution in [0.2, 0.25) is 0 Å². The number of pyridine rings is 1. The van der Waals surface area contributed by atoms with Gasteiger partial charge in [-0.3, -0.25) is 0 Å². The molecule has 1 fully saturated rings. The molecule has 1 atom stereocenters. The van der Waals surface area contributed by atoms with Crippen LogP contribution < -0.4 is 15.4 Å². The SMILES string of the molecule is FC(F)Oc1ccc(NCCC2CCNC2)nc1. The normalized spacial score (nSPS) is 19.2. The second kappa shape index (κ2) is 6.49. The van der Waals surface area contributed by atoms with E-state index in [1.807, 2.05) is 0 Å². The van der Waals surface area contributed by atoms with Gasteiger partial charge in [-0.2, -0.15) is 8.78 Å². The highest BCUT2D eigenvalue weighted by Gasteiger charge is 2.13. The maximum atomic E-state index is 11.9. The second-order valence-corrected chi connectivity index (χ2v) is 4.33. The van der Waals surface area contributed by atoms with Gasteiger partial charge in [-0.25, -0.2) is 4.98 Å². The third-order valence-electron chi connectivity index (χ3n) is 2.98. The fraction of sp³-hybridized carbons (Fsp3) is 0.583. The monoisotopic (exact) mass is 257 g/mol. The molecule has 0 amide bonds. The summed E-state index contributed by atoms with van der Waals surface area (Å²) in [5.41, 5.74) is 0. The minimum Gasteiger partial charge on any atom is -0.433 e. The quantitative estimate of drug-likeness (QED) is 0.819. The number of nitrogens with one attached hydrogen (secondary N) is 2. The molecule has 2 rings (SSSR count). The summed E-state index contributed by atoms with van der Waals surface area (Å²) in [5.74, 6) is 1.48. The van der Waals surface area contributed by atoms with Crippen LogP contribution in [-0.4, -0.2) is 31.2 Å². The Kier molecular flexibility index (Phi) is 4.69. The van der Waals surface area contributed by atoms with Crippen molar-refractivity contribution in [3.05, 3.63) is 18.3 Å². The molecule has 18 heavy (non-hydrogen) atoms. The van der Waals surface area contributed by atoms with Gasteiger partial charge < -0.3 is 15.4 Å². The van der Waals surface area contributed by atoms with E-state index < -0.39 is 6.61 Å². The summed E-state index contributed by atoms with van der Waals surface area (Å²) < 4.78 is 28.1. The highest BCUT2D eigenvalue weighted by molar-refractivity contribution is 5.37. The van der Waals surface area contributed by atoms with Gasteiger partial charge in [-0.15, -0.1) is 0 Å². The topological polar surface area (TPSA) is 46.2 Å². The Morgan fingerprint density at radius 2 is 2.39 bits per heavy atom. The lowest BCUT2D eigenvalue weighted by Gasteiger charge is -2.10. The minimum absolute atomic E-state index is 0.0792. The van der Waals surface area contributed by atoms with Crippen LogP contribution in [0.1, 0.15) is 12.8 Å². The number of rotatable bonds is 6. The van der Waals surface area contributed by atoms with E-state index in [2.05, 4.69) is 20.4 Å². The number of anilines is 1. The van der Waals surface area contributed by atoms with Gasteiger partial charge in [0.1, 0.15) is 11.6 Å². The second-order valence-electron chi connectivity index (χ2n) is 4.33. The molecule has 6 heteroatoms. The van der Waals surface area contributed by atoms with Gasteiger partial charge in [0.25, 0.3) is 0 Å². The van der Waals surface area contributed by atoms with Gasteiger partial charge >= 0.3 is 6.61 Å². The summed E-state index contributed by atoms with van der Waals surface area (Å²) in [5, 5.41) is 6.49. The molecule has 1 aromatic rings. The molecule has 1 aliphatic heterocycles. The average Bonchev–Trinajstić information content (AvgIpc) is 2.84. The minimum atomic E-state index is -2.81. The molecule has 0 radical (unpaired) electrons. The van der Waals surface area contributed by atoms with E-state index in [1.165, 1.54) is 18.7 Å². The third-order valence-corrected chi connectivity index (χ3v) is 2.98. The van der Waals surface area contributed by atoms with Gasteiger partial charge in [-0.05, 0) is 44.0 Å². The summed E-state index contributed by atoms with van der Waals surface area (Å²) in [6.45, 7) is 0.216. The van der Waals surface area contributed by atoms with Crippen molar-refractivity contribution in [1.29, 1.82) is 0 Å². The first-order valence-corrected chi connectivity index (χ1v) is 6.09. The Bertz CT molecular complexity index is 353. The van der Waals surface area contributed by atoms with E-state index in [1.54, 1.807) is 6.07 Å². The first-order chi connectivity index (χ1) is 8.74. The van der Waals surface area contributed by atoms with E-state index in [0.717, 1.165) is 32.0 Å². The summed E-state index contributed by atoms with van der Waals surface area (Å²) in [7, 11) is 0. The molecule has 0 aliphatic carbocycles. The first-order valence-electron chi connectivity index (χ1n) is 6.09. The fourth-order valence-electron chi connectivity index (χ4n) is 2.02. The highest BCUT2D eigenvalue weighted by atomic mass is 19.3. The number of ether oxygens (including phenoxy) is 1. The largest absolute Gasteiger partial charge is 0.433 e. The van der Waals surface area contributed by atoms with Crippen LogP contribution in [0.3, 0.4) is 0 Å². The molecule has 1 saturated heterocycles. The number of halogens is 2. The van der Waals surface area contributed by atoms with Crippen molar-refractivity contribution in [1.82, 2.24) is 10.3 Å². The first kappa shape index (κ1) is 13.0. The lowest BCUT2D eigenvalue weighted by atomic mass is 10.1. The predicted molar refractivity (Wildman–Crippen MR) is 65.0 cm³/mol. The van der Waals surface area contributed by atoms with Crippen molar-refractivity contribution < 1.29 is 13.5 Å². The number of alkyl halides is 2. The molecule has 0 aromatic carbocycles. The predicted octanol–water partition coefficient (Wildman–Crippen LogP) is 2.09. The standard InChI is InChI=1S/C12H17F2N3O/c13-12(14)18-10-1-2-11(17-8-10)16-6-4-9-3-5-15-7-9/h1-2,8-9,12,15H,3-7H2,(H,16,17). The molecular formula is C12H17F2N3O. The molecule has 1 aliphatic rings. The molecule has 0 bridgehead atoms. The van der Waals surface area contributed by atoms with Gasteiger partial charge in [0.2, 0.25) is 0 Å². The highest BCUT2D eigenvalue weighted by Crippen LogP contribution is 2.16. The Morgan fingerprint density at radius 3 is 3.00 bits per heavy atom. The van der Waals surface area contributed by atoms with E-state index in [-0.39, 0.29) is 5.75 Å². The average molecular weight is 257 g/mol. The number of hydrogen-bond acceptors (Lipinski definition) is 4. The molecule has 0 spiro atoms. The van der Waals surface area contributed by atoms with Crippen LogP contribution in [0.5, 0.6) is 5.75 Å². The van der Waals surface area contributed by atoms with Crippen LogP contribution in [0.25, 0.3) is 0 Å². The Labute approximate surface area is 105 Å². The van der Waals surface area contributed by atoms with Gasteiger partial charge in [0.15, 0.2) is 0 Å².